The molecule has 1 N–H and O–H groups in total. The summed E-state index contributed by atoms with van der Waals surface area (Å²) in [4.78, 5) is 47.4. The molecule has 2 amide bonds. The molecule has 30 heavy (non-hydrogen) atoms. The van der Waals surface area contributed by atoms with E-state index < -0.39 is 6.04 Å². The molecule has 0 bridgehead atoms. The molecule has 3 heterocycles. The van der Waals surface area contributed by atoms with E-state index in [0.29, 0.717) is 40.0 Å². The van der Waals surface area contributed by atoms with E-state index in [4.69, 9.17) is 0 Å². The van der Waals surface area contributed by atoms with Gasteiger partial charge in [0.05, 0.1) is 17.9 Å². The number of nitrogens with zero attached hydrogens (tertiary/aromatic N) is 5. The van der Waals surface area contributed by atoms with Gasteiger partial charge >= 0.3 is 0 Å². The molecule has 0 spiro atoms. The fraction of sp³-hybridized carbons (Fsp3) is 0.300. The molecule has 2 aromatic heterocycles. The first-order valence-corrected chi connectivity index (χ1v) is 10.3. The minimum Gasteiger partial charge on any atom is -0.329 e. The zero-order valence-electron chi connectivity index (χ0n) is 16.2. The minimum atomic E-state index is -0.590. The zero-order chi connectivity index (χ0) is 21.3. The molecule has 0 aliphatic carbocycles. The molecule has 9 nitrogen and oxygen atoms in total. The maximum absolute atomic E-state index is 13.0. The number of Topliss-reactive ketones (excluding diaryl/α,β-unsaturated/α-hetero) is 1. The lowest BCUT2D eigenvalue weighted by Gasteiger charge is -2.24. The van der Waals surface area contributed by atoms with Crippen molar-refractivity contribution >= 4 is 50.2 Å². The number of fused-ring (bicyclic) bond motifs is 1. The van der Waals surface area contributed by atoms with E-state index in [2.05, 4.69) is 36.3 Å². The maximum Gasteiger partial charge on any atom is 0.248 e. The number of likely N-dealkylation sites (tertiary alicyclic amines) is 1. The number of rotatable bonds is 5. The highest BCUT2D eigenvalue weighted by Gasteiger charge is 2.34. The van der Waals surface area contributed by atoms with Crippen LogP contribution in [0.25, 0.3) is 10.9 Å². The van der Waals surface area contributed by atoms with Crippen LogP contribution in [0.1, 0.15) is 30.3 Å². The molecule has 1 unspecified atom stereocenters. The Labute approximate surface area is 180 Å². The highest BCUT2D eigenvalue weighted by Crippen LogP contribution is 2.22. The van der Waals surface area contributed by atoms with Gasteiger partial charge in [-0.05, 0) is 34.8 Å². The van der Waals surface area contributed by atoms with Crippen LogP contribution in [-0.4, -0.2) is 54.8 Å². The van der Waals surface area contributed by atoms with Crippen molar-refractivity contribution in [1.29, 1.82) is 0 Å². The number of anilines is 1. The van der Waals surface area contributed by atoms with E-state index >= 15 is 0 Å². The van der Waals surface area contributed by atoms with Gasteiger partial charge in [-0.25, -0.2) is 4.98 Å². The van der Waals surface area contributed by atoms with Gasteiger partial charge in [0.25, 0.3) is 0 Å². The van der Waals surface area contributed by atoms with Gasteiger partial charge in [-0.2, -0.15) is 5.10 Å². The lowest BCUT2D eigenvalue weighted by Crippen LogP contribution is -2.44. The average molecular weight is 471 g/mol. The van der Waals surface area contributed by atoms with Crippen LogP contribution in [0.5, 0.6) is 0 Å². The van der Waals surface area contributed by atoms with Crippen molar-refractivity contribution in [3.63, 3.8) is 0 Å². The lowest BCUT2D eigenvalue weighted by atomic mass is 10.2. The Bertz CT molecular complexity index is 1140. The van der Waals surface area contributed by atoms with Gasteiger partial charge in [-0.3, -0.25) is 24.0 Å². The van der Waals surface area contributed by atoms with Crippen molar-refractivity contribution in [1.82, 2.24) is 24.6 Å². The third-order valence-corrected chi connectivity index (χ3v) is 5.39. The van der Waals surface area contributed by atoms with E-state index in [-0.39, 0.29) is 24.1 Å². The fourth-order valence-electron chi connectivity index (χ4n) is 3.68. The molecule has 1 saturated heterocycles. The SMILES string of the molecule is CC(=O)c1nn(CC(=O)N2CCCC2C(=O)Nc2cncc(Br)n2)c2ccccc12. The maximum atomic E-state index is 13.0. The predicted octanol–water partition coefficient (Wildman–Crippen LogP) is 2.42. The number of aromatic nitrogens is 4. The normalized spacial score (nSPS) is 16.1. The Hall–Kier alpha value is -3.14. The quantitative estimate of drug-likeness (QED) is 0.573. The Morgan fingerprint density at radius 2 is 2.03 bits per heavy atom. The molecule has 154 valence electrons. The number of halogens is 1. The van der Waals surface area contributed by atoms with Crippen LogP contribution in [0.2, 0.25) is 0 Å². The Morgan fingerprint density at radius 1 is 1.23 bits per heavy atom. The first-order valence-electron chi connectivity index (χ1n) is 9.48. The minimum absolute atomic E-state index is 0.0474. The van der Waals surface area contributed by atoms with Gasteiger partial charge in [0.1, 0.15) is 22.9 Å². The van der Waals surface area contributed by atoms with Crippen molar-refractivity contribution in [3.8, 4) is 0 Å². The Morgan fingerprint density at radius 3 is 2.80 bits per heavy atom. The average Bonchev–Trinajstić information content (AvgIpc) is 3.34. The molecular formula is C20H19BrN6O3. The molecule has 3 aromatic rings. The molecule has 1 aliphatic rings. The van der Waals surface area contributed by atoms with Gasteiger partial charge in [-0.1, -0.05) is 18.2 Å². The molecule has 1 fully saturated rings. The second-order valence-electron chi connectivity index (χ2n) is 7.04. The predicted molar refractivity (Wildman–Crippen MR) is 113 cm³/mol. The summed E-state index contributed by atoms with van der Waals surface area (Å²) < 4.78 is 2.04. The molecule has 1 aliphatic heterocycles. The van der Waals surface area contributed by atoms with Crippen LogP contribution < -0.4 is 5.32 Å². The van der Waals surface area contributed by atoms with Crippen LogP contribution in [0.4, 0.5) is 5.82 Å². The highest BCUT2D eigenvalue weighted by molar-refractivity contribution is 9.10. The smallest absolute Gasteiger partial charge is 0.248 e. The van der Waals surface area contributed by atoms with Crippen LogP contribution in [0, 0.1) is 0 Å². The van der Waals surface area contributed by atoms with Crippen molar-refractivity contribution in [3.05, 3.63) is 47.0 Å². The van der Waals surface area contributed by atoms with Gasteiger partial charge in [0.15, 0.2) is 11.6 Å². The molecule has 4 rings (SSSR count). The fourth-order valence-corrected chi connectivity index (χ4v) is 3.99. The second kappa shape index (κ2) is 8.31. The molecule has 0 radical (unpaired) electrons. The first kappa shape index (κ1) is 20.1. The molecule has 0 saturated carbocycles. The monoisotopic (exact) mass is 470 g/mol. The van der Waals surface area contributed by atoms with Crippen molar-refractivity contribution < 1.29 is 14.4 Å². The van der Waals surface area contributed by atoms with E-state index in [1.54, 1.807) is 4.90 Å². The summed E-state index contributed by atoms with van der Waals surface area (Å²) in [5.41, 5.74) is 1.04. The Kier molecular flexibility index (Phi) is 5.58. The topological polar surface area (TPSA) is 110 Å². The summed E-state index contributed by atoms with van der Waals surface area (Å²) in [6, 6.07) is 6.70. The van der Waals surface area contributed by atoms with E-state index in [1.165, 1.54) is 24.0 Å². The third kappa shape index (κ3) is 3.95. The van der Waals surface area contributed by atoms with Gasteiger partial charge in [-0.15, -0.1) is 0 Å². The third-order valence-electron chi connectivity index (χ3n) is 5.01. The van der Waals surface area contributed by atoms with Gasteiger partial charge < -0.3 is 10.2 Å². The number of hydrogen-bond donors (Lipinski definition) is 1. The summed E-state index contributed by atoms with van der Waals surface area (Å²) >= 11 is 3.22. The number of nitrogens with one attached hydrogen (secondary N) is 1. The lowest BCUT2D eigenvalue weighted by molar-refractivity contribution is -0.137. The van der Waals surface area contributed by atoms with E-state index in [0.717, 1.165) is 6.42 Å². The summed E-state index contributed by atoms with van der Waals surface area (Å²) in [5.74, 6) is -0.372. The number of benzene rings is 1. The van der Waals surface area contributed by atoms with Gasteiger partial charge in [0.2, 0.25) is 11.8 Å². The van der Waals surface area contributed by atoms with E-state index in [1.807, 2.05) is 24.3 Å². The Balaban J connectivity index is 1.52. The molecule has 10 heteroatoms. The number of amides is 2. The zero-order valence-corrected chi connectivity index (χ0v) is 17.8. The van der Waals surface area contributed by atoms with E-state index in [9.17, 15) is 14.4 Å². The van der Waals surface area contributed by atoms with Crippen LogP contribution in [0.15, 0.2) is 41.3 Å². The first-order chi connectivity index (χ1) is 14.4. The molecule has 1 atom stereocenters. The van der Waals surface area contributed by atoms with Gasteiger partial charge in [0, 0.05) is 18.9 Å². The molecule has 1 aromatic carbocycles. The summed E-state index contributed by atoms with van der Waals surface area (Å²) in [6.07, 6.45) is 4.26. The largest absolute Gasteiger partial charge is 0.329 e. The standard InChI is InChI=1S/C20H19BrN6O3/c1-12(28)19-13-5-2-3-6-14(13)27(25-19)11-18(29)26-8-4-7-15(26)20(30)24-17-10-22-9-16(21)23-17/h2-3,5-6,9-10,15H,4,7-8,11H2,1H3,(H,23,24,30). The van der Waals surface area contributed by atoms with Crippen molar-refractivity contribution in [2.75, 3.05) is 11.9 Å². The number of para-hydroxylation sites is 1. The summed E-state index contributed by atoms with van der Waals surface area (Å²) in [7, 11) is 0. The highest BCUT2D eigenvalue weighted by atomic mass is 79.9. The second-order valence-corrected chi connectivity index (χ2v) is 7.85. The van der Waals surface area contributed by atoms with Crippen molar-refractivity contribution in [2.24, 2.45) is 0 Å². The summed E-state index contributed by atoms with van der Waals surface area (Å²) in [5, 5.41) is 7.77. The number of carbonyl (C=O) groups excluding carboxylic acids is 3. The number of ketones is 1. The van der Waals surface area contributed by atoms with Crippen LogP contribution >= 0.6 is 15.9 Å². The van der Waals surface area contributed by atoms with Crippen LogP contribution in [0.3, 0.4) is 0 Å². The molecular weight excluding hydrogens is 452 g/mol. The summed E-state index contributed by atoms with van der Waals surface area (Å²) in [6.45, 7) is 1.89. The number of hydrogen-bond acceptors (Lipinski definition) is 6. The van der Waals surface area contributed by atoms with Crippen LogP contribution in [-0.2, 0) is 16.1 Å². The number of carbonyl (C=O) groups is 3. The van der Waals surface area contributed by atoms with Crippen molar-refractivity contribution in [2.45, 2.75) is 32.4 Å².